The highest BCUT2D eigenvalue weighted by atomic mass is 16.5. The number of hydrogen-bond acceptors (Lipinski definition) is 6. The first-order valence-electron chi connectivity index (χ1n) is 6.94. The van der Waals surface area contributed by atoms with Crippen molar-refractivity contribution in [2.45, 2.75) is 37.3 Å². The van der Waals surface area contributed by atoms with Gasteiger partial charge < -0.3 is 14.2 Å². The molecule has 20 heavy (non-hydrogen) atoms. The zero-order valence-corrected chi connectivity index (χ0v) is 11.6. The largest absolute Gasteiger partial charge is 0.464 e. The van der Waals surface area contributed by atoms with Crippen molar-refractivity contribution in [1.29, 1.82) is 0 Å². The standard InChI is InChI=1S/C13H19N3O4/c1-18-12(17)11-9-16(15-14-11)10-2-5-20-13(8-10)3-6-19-7-4-13/h9-10H,2-8H2,1H3. The molecule has 3 heterocycles. The maximum Gasteiger partial charge on any atom is 0.360 e. The van der Waals surface area contributed by atoms with Gasteiger partial charge in [-0.3, -0.25) is 0 Å². The molecule has 1 spiro atoms. The van der Waals surface area contributed by atoms with E-state index in [1.165, 1.54) is 7.11 Å². The van der Waals surface area contributed by atoms with Gasteiger partial charge in [0.05, 0.1) is 24.9 Å². The number of hydrogen-bond donors (Lipinski definition) is 0. The fourth-order valence-corrected chi connectivity index (χ4v) is 2.97. The first-order valence-corrected chi connectivity index (χ1v) is 6.94. The summed E-state index contributed by atoms with van der Waals surface area (Å²) in [4.78, 5) is 11.4. The molecule has 2 aliphatic rings. The van der Waals surface area contributed by atoms with Gasteiger partial charge >= 0.3 is 5.97 Å². The second kappa shape index (κ2) is 5.49. The fraction of sp³-hybridized carbons (Fsp3) is 0.769. The SMILES string of the molecule is COC(=O)c1cn(C2CCOC3(CCOCC3)C2)nn1. The van der Waals surface area contributed by atoms with Crippen molar-refractivity contribution >= 4 is 5.97 Å². The molecule has 1 atom stereocenters. The van der Waals surface area contributed by atoms with Crippen molar-refractivity contribution in [3.05, 3.63) is 11.9 Å². The van der Waals surface area contributed by atoms with Crippen molar-refractivity contribution in [1.82, 2.24) is 15.0 Å². The van der Waals surface area contributed by atoms with Crippen LogP contribution >= 0.6 is 0 Å². The molecule has 7 nitrogen and oxygen atoms in total. The molecule has 2 aliphatic heterocycles. The van der Waals surface area contributed by atoms with Crippen LogP contribution in [0.25, 0.3) is 0 Å². The molecule has 1 aromatic rings. The third-order valence-electron chi connectivity index (χ3n) is 4.15. The first-order chi connectivity index (χ1) is 9.72. The monoisotopic (exact) mass is 281 g/mol. The van der Waals surface area contributed by atoms with Gasteiger partial charge in [-0.1, -0.05) is 5.21 Å². The van der Waals surface area contributed by atoms with Crippen molar-refractivity contribution in [3.63, 3.8) is 0 Å². The molecule has 1 aromatic heterocycles. The molecule has 0 aliphatic carbocycles. The van der Waals surface area contributed by atoms with Crippen LogP contribution in [0.1, 0.15) is 42.2 Å². The van der Waals surface area contributed by atoms with Gasteiger partial charge in [0, 0.05) is 19.8 Å². The lowest BCUT2D eigenvalue weighted by Crippen LogP contribution is -2.44. The quantitative estimate of drug-likeness (QED) is 0.752. The van der Waals surface area contributed by atoms with Gasteiger partial charge in [0.15, 0.2) is 5.69 Å². The summed E-state index contributed by atoms with van der Waals surface area (Å²) in [6.45, 7) is 2.20. The Morgan fingerprint density at radius 2 is 2.25 bits per heavy atom. The van der Waals surface area contributed by atoms with Crippen LogP contribution in [0.4, 0.5) is 0 Å². The molecule has 0 radical (unpaired) electrons. The predicted octanol–water partition coefficient (Wildman–Crippen LogP) is 0.965. The average Bonchev–Trinajstić information content (AvgIpc) is 2.97. The van der Waals surface area contributed by atoms with Gasteiger partial charge in [-0.25, -0.2) is 9.48 Å². The first kappa shape index (κ1) is 13.5. The highest BCUT2D eigenvalue weighted by Gasteiger charge is 2.40. The van der Waals surface area contributed by atoms with Crippen LogP contribution in [0, 0.1) is 0 Å². The molecule has 3 rings (SSSR count). The topological polar surface area (TPSA) is 75.5 Å². The third-order valence-corrected chi connectivity index (χ3v) is 4.15. The maximum absolute atomic E-state index is 11.4. The van der Waals surface area contributed by atoms with Crippen LogP contribution in [0.2, 0.25) is 0 Å². The Kier molecular flexibility index (Phi) is 3.71. The van der Waals surface area contributed by atoms with Gasteiger partial charge in [0.25, 0.3) is 0 Å². The van der Waals surface area contributed by atoms with Crippen LogP contribution in [-0.4, -0.2) is 53.5 Å². The Bertz CT molecular complexity index is 476. The van der Waals surface area contributed by atoms with Crippen molar-refractivity contribution < 1.29 is 19.0 Å². The fourth-order valence-electron chi connectivity index (χ4n) is 2.97. The van der Waals surface area contributed by atoms with Crippen LogP contribution in [0.3, 0.4) is 0 Å². The number of methoxy groups -OCH3 is 1. The highest BCUT2D eigenvalue weighted by Crippen LogP contribution is 2.38. The van der Waals surface area contributed by atoms with Crippen molar-refractivity contribution in [3.8, 4) is 0 Å². The number of aromatic nitrogens is 3. The lowest BCUT2D eigenvalue weighted by molar-refractivity contribution is -0.145. The summed E-state index contributed by atoms with van der Waals surface area (Å²) < 4.78 is 17.8. The molecule has 110 valence electrons. The molecule has 0 bridgehead atoms. The minimum atomic E-state index is -0.455. The second-order valence-corrected chi connectivity index (χ2v) is 5.37. The molecule has 0 N–H and O–H groups in total. The third kappa shape index (κ3) is 2.55. The Labute approximate surface area is 117 Å². The number of rotatable bonds is 2. The molecular weight excluding hydrogens is 262 g/mol. The molecule has 0 aromatic carbocycles. The van der Waals surface area contributed by atoms with Gasteiger partial charge in [-0.2, -0.15) is 0 Å². The molecule has 1 unspecified atom stereocenters. The van der Waals surface area contributed by atoms with Gasteiger partial charge in [-0.05, 0) is 25.7 Å². The Balaban J connectivity index is 1.73. The number of ether oxygens (including phenoxy) is 3. The second-order valence-electron chi connectivity index (χ2n) is 5.37. The average molecular weight is 281 g/mol. The molecule has 2 fully saturated rings. The van der Waals surface area contributed by atoms with E-state index in [9.17, 15) is 4.79 Å². The molecule has 2 saturated heterocycles. The predicted molar refractivity (Wildman–Crippen MR) is 68.4 cm³/mol. The van der Waals surface area contributed by atoms with Crippen LogP contribution in [0.15, 0.2) is 6.20 Å². The van der Waals surface area contributed by atoms with Crippen molar-refractivity contribution in [2.24, 2.45) is 0 Å². The minimum absolute atomic E-state index is 0.0987. The van der Waals surface area contributed by atoms with E-state index in [-0.39, 0.29) is 17.3 Å². The van der Waals surface area contributed by atoms with E-state index in [2.05, 4.69) is 15.0 Å². The Morgan fingerprint density at radius 1 is 1.45 bits per heavy atom. The van der Waals surface area contributed by atoms with Gasteiger partial charge in [-0.15, -0.1) is 5.10 Å². The normalized spacial score (nSPS) is 25.6. The highest BCUT2D eigenvalue weighted by molar-refractivity contribution is 5.86. The van der Waals surface area contributed by atoms with Crippen molar-refractivity contribution in [2.75, 3.05) is 26.9 Å². The summed E-state index contributed by atoms with van der Waals surface area (Å²) >= 11 is 0. The lowest BCUT2D eigenvalue weighted by Gasteiger charge is -2.43. The van der Waals surface area contributed by atoms with Crippen LogP contribution < -0.4 is 0 Å². The Morgan fingerprint density at radius 3 is 3.00 bits per heavy atom. The molecule has 7 heteroatoms. The van der Waals surface area contributed by atoms with E-state index in [4.69, 9.17) is 9.47 Å². The summed E-state index contributed by atoms with van der Waals surface area (Å²) in [5.74, 6) is -0.455. The minimum Gasteiger partial charge on any atom is -0.464 e. The molecule has 0 saturated carbocycles. The zero-order chi connectivity index (χ0) is 14.0. The number of nitrogens with zero attached hydrogens (tertiary/aromatic N) is 3. The van der Waals surface area contributed by atoms with E-state index < -0.39 is 5.97 Å². The van der Waals surface area contributed by atoms with Gasteiger partial charge in [0.1, 0.15) is 0 Å². The van der Waals surface area contributed by atoms with E-state index >= 15 is 0 Å². The maximum atomic E-state index is 11.4. The van der Waals surface area contributed by atoms with Crippen LogP contribution in [0.5, 0.6) is 0 Å². The summed E-state index contributed by atoms with van der Waals surface area (Å²) in [6, 6.07) is 0.216. The Hall–Kier alpha value is -1.47. The number of carbonyl (C=O) groups excluding carboxylic acids is 1. The van der Waals surface area contributed by atoms with E-state index in [1.54, 1.807) is 10.9 Å². The van der Waals surface area contributed by atoms with Gasteiger partial charge in [0.2, 0.25) is 0 Å². The summed E-state index contributed by atoms with van der Waals surface area (Å²) in [5, 5.41) is 7.93. The summed E-state index contributed by atoms with van der Waals surface area (Å²) in [6.07, 6.45) is 5.27. The van der Waals surface area contributed by atoms with E-state index in [1.807, 2.05) is 0 Å². The van der Waals surface area contributed by atoms with E-state index in [0.717, 1.165) is 38.9 Å². The number of carbonyl (C=O) groups is 1. The molecular formula is C13H19N3O4. The zero-order valence-electron chi connectivity index (χ0n) is 11.6. The van der Waals surface area contributed by atoms with Crippen LogP contribution in [-0.2, 0) is 14.2 Å². The summed E-state index contributed by atoms with van der Waals surface area (Å²) in [7, 11) is 1.34. The smallest absolute Gasteiger partial charge is 0.360 e. The summed E-state index contributed by atoms with van der Waals surface area (Å²) in [5.41, 5.74) is 0.151. The number of esters is 1. The molecule has 0 amide bonds. The van der Waals surface area contributed by atoms with E-state index in [0.29, 0.717) is 6.61 Å². The lowest BCUT2D eigenvalue weighted by atomic mass is 9.84.